The van der Waals surface area contributed by atoms with Crippen molar-refractivity contribution in [1.82, 2.24) is 9.97 Å². The Labute approximate surface area is 91.8 Å². The van der Waals surface area contributed by atoms with Crippen LogP contribution in [0.15, 0.2) is 24.2 Å². The molecule has 0 aromatic carbocycles. The van der Waals surface area contributed by atoms with Crippen LogP contribution < -0.4 is 5.32 Å². The van der Waals surface area contributed by atoms with E-state index in [2.05, 4.69) is 15.3 Å². The number of allylic oxidation sites excluding steroid dienone is 1. The SMILES string of the molecule is CCC=C(Nc1nccnc1Cl)C(=O)O. The smallest absolute Gasteiger partial charge is 0.352 e. The molecule has 1 aromatic heterocycles. The molecule has 0 aliphatic heterocycles. The van der Waals surface area contributed by atoms with E-state index in [0.717, 1.165) is 0 Å². The van der Waals surface area contributed by atoms with Crippen LogP contribution in [-0.4, -0.2) is 21.0 Å². The lowest BCUT2D eigenvalue weighted by atomic mass is 10.3. The molecule has 5 nitrogen and oxygen atoms in total. The van der Waals surface area contributed by atoms with Gasteiger partial charge in [0.05, 0.1) is 0 Å². The summed E-state index contributed by atoms with van der Waals surface area (Å²) in [5.41, 5.74) is 0.0416. The molecule has 15 heavy (non-hydrogen) atoms. The molecule has 0 radical (unpaired) electrons. The molecular weight excluding hydrogens is 218 g/mol. The summed E-state index contributed by atoms with van der Waals surface area (Å²) >= 11 is 5.72. The highest BCUT2D eigenvalue weighted by molar-refractivity contribution is 6.31. The van der Waals surface area contributed by atoms with Crippen molar-refractivity contribution in [2.45, 2.75) is 13.3 Å². The Hall–Kier alpha value is -1.62. The van der Waals surface area contributed by atoms with Crippen LogP contribution in [0.5, 0.6) is 0 Å². The van der Waals surface area contributed by atoms with Crippen LogP contribution in [0.2, 0.25) is 5.15 Å². The van der Waals surface area contributed by atoms with Crippen molar-refractivity contribution in [2.75, 3.05) is 5.32 Å². The van der Waals surface area contributed by atoms with Gasteiger partial charge in [0, 0.05) is 12.4 Å². The summed E-state index contributed by atoms with van der Waals surface area (Å²) in [5, 5.41) is 11.6. The van der Waals surface area contributed by atoms with Gasteiger partial charge in [0.2, 0.25) is 0 Å². The maximum absolute atomic E-state index is 10.8. The van der Waals surface area contributed by atoms with Crippen molar-refractivity contribution in [3.63, 3.8) is 0 Å². The van der Waals surface area contributed by atoms with Gasteiger partial charge in [0.1, 0.15) is 5.70 Å². The number of nitrogens with zero attached hydrogens (tertiary/aromatic N) is 2. The number of carbonyl (C=O) groups is 1. The quantitative estimate of drug-likeness (QED) is 0.769. The lowest BCUT2D eigenvalue weighted by Crippen LogP contribution is -2.11. The fourth-order valence-electron chi connectivity index (χ4n) is 0.928. The van der Waals surface area contributed by atoms with Crippen molar-refractivity contribution < 1.29 is 9.90 Å². The number of carboxylic acids is 1. The molecule has 0 atom stereocenters. The Morgan fingerprint density at radius 1 is 1.60 bits per heavy atom. The molecule has 6 heteroatoms. The first-order valence-corrected chi connectivity index (χ1v) is 4.70. The van der Waals surface area contributed by atoms with Crippen LogP contribution in [0.4, 0.5) is 5.82 Å². The Morgan fingerprint density at radius 2 is 2.27 bits per heavy atom. The molecule has 80 valence electrons. The number of hydrogen-bond acceptors (Lipinski definition) is 4. The highest BCUT2D eigenvalue weighted by atomic mass is 35.5. The van der Waals surface area contributed by atoms with Crippen molar-refractivity contribution in [2.24, 2.45) is 0 Å². The summed E-state index contributed by atoms with van der Waals surface area (Å²) in [6.07, 6.45) is 5.00. The molecule has 0 unspecified atom stereocenters. The minimum absolute atomic E-state index is 0.0416. The van der Waals surface area contributed by atoms with Crippen molar-refractivity contribution >= 4 is 23.4 Å². The van der Waals surface area contributed by atoms with E-state index in [9.17, 15) is 4.79 Å². The van der Waals surface area contributed by atoms with Crippen molar-refractivity contribution in [3.05, 3.63) is 29.3 Å². The lowest BCUT2D eigenvalue weighted by molar-refractivity contribution is -0.132. The van der Waals surface area contributed by atoms with Gasteiger partial charge in [0.15, 0.2) is 11.0 Å². The van der Waals surface area contributed by atoms with Gasteiger partial charge in [-0.1, -0.05) is 24.6 Å². The van der Waals surface area contributed by atoms with Gasteiger partial charge in [-0.25, -0.2) is 14.8 Å². The zero-order valence-electron chi connectivity index (χ0n) is 8.07. The fraction of sp³-hybridized carbons (Fsp3) is 0.222. The van der Waals surface area contributed by atoms with E-state index in [0.29, 0.717) is 6.42 Å². The summed E-state index contributed by atoms with van der Waals surface area (Å²) in [5.74, 6) is -0.820. The maximum atomic E-state index is 10.8. The Morgan fingerprint density at radius 3 is 2.80 bits per heavy atom. The van der Waals surface area contributed by atoms with E-state index in [1.165, 1.54) is 18.5 Å². The van der Waals surface area contributed by atoms with E-state index >= 15 is 0 Å². The number of hydrogen-bond donors (Lipinski definition) is 2. The van der Waals surface area contributed by atoms with Crippen molar-refractivity contribution in [3.8, 4) is 0 Å². The second-order valence-corrected chi connectivity index (χ2v) is 3.01. The number of anilines is 1. The maximum Gasteiger partial charge on any atom is 0.352 e. The minimum Gasteiger partial charge on any atom is -0.477 e. The third-order valence-corrected chi connectivity index (χ3v) is 1.82. The monoisotopic (exact) mass is 227 g/mol. The minimum atomic E-state index is -1.06. The van der Waals surface area contributed by atoms with Gasteiger partial charge >= 0.3 is 5.97 Å². The number of rotatable bonds is 4. The highest BCUT2D eigenvalue weighted by Crippen LogP contribution is 2.16. The summed E-state index contributed by atoms with van der Waals surface area (Å²) in [4.78, 5) is 18.4. The number of halogens is 1. The molecular formula is C9H10ClN3O2. The average molecular weight is 228 g/mol. The molecule has 0 amide bonds. The number of aliphatic carboxylic acids is 1. The molecule has 0 saturated heterocycles. The molecule has 1 heterocycles. The number of nitrogens with one attached hydrogen (secondary N) is 1. The largest absolute Gasteiger partial charge is 0.477 e. The van der Waals surface area contributed by atoms with Crippen LogP contribution in [-0.2, 0) is 4.79 Å². The van der Waals surface area contributed by atoms with E-state index in [1.54, 1.807) is 0 Å². The number of carboxylic acid groups (broad SMARTS) is 1. The zero-order valence-corrected chi connectivity index (χ0v) is 8.82. The second-order valence-electron chi connectivity index (χ2n) is 2.65. The van der Waals surface area contributed by atoms with Gasteiger partial charge in [-0.05, 0) is 6.42 Å². The summed E-state index contributed by atoms with van der Waals surface area (Å²) in [7, 11) is 0. The van der Waals surface area contributed by atoms with E-state index < -0.39 is 5.97 Å². The molecule has 0 fully saturated rings. The highest BCUT2D eigenvalue weighted by Gasteiger charge is 2.09. The Balaban J connectivity index is 2.89. The Kier molecular flexibility index (Phi) is 4.05. The normalized spacial score (nSPS) is 11.2. The molecule has 0 aliphatic rings. The van der Waals surface area contributed by atoms with Crippen LogP contribution in [0, 0.1) is 0 Å². The van der Waals surface area contributed by atoms with E-state index in [4.69, 9.17) is 16.7 Å². The first-order chi connectivity index (χ1) is 7.15. The van der Waals surface area contributed by atoms with Gasteiger partial charge < -0.3 is 10.4 Å². The predicted octanol–water partition coefficient (Wildman–Crippen LogP) is 1.92. The van der Waals surface area contributed by atoms with Crippen LogP contribution in [0.25, 0.3) is 0 Å². The van der Waals surface area contributed by atoms with Crippen LogP contribution in [0.1, 0.15) is 13.3 Å². The van der Waals surface area contributed by atoms with E-state index in [1.807, 2.05) is 6.92 Å². The molecule has 0 spiro atoms. The molecule has 0 aliphatic carbocycles. The average Bonchev–Trinajstić information content (AvgIpc) is 2.20. The van der Waals surface area contributed by atoms with Gasteiger partial charge in [-0.3, -0.25) is 0 Å². The zero-order chi connectivity index (χ0) is 11.3. The Bertz CT molecular complexity index is 393. The van der Waals surface area contributed by atoms with Gasteiger partial charge in [0.25, 0.3) is 0 Å². The van der Waals surface area contributed by atoms with Crippen LogP contribution in [0.3, 0.4) is 0 Å². The fourth-order valence-corrected chi connectivity index (χ4v) is 1.08. The van der Waals surface area contributed by atoms with Crippen molar-refractivity contribution in [1.29, 1.82) is 0 Å². The molecule has 1 aromatic rings. The molecule has 0 bridgehead atoms. The lowest BCUT2D eigenvalue weighted by Gasteiger charge is -2.06. The molecule has 2 N–H and O–H groups in total. The first kappa shape index (κ1) is 11.5. The predicted molar refractivity (Wildman–Crippen MR) is 56.7 cm³/mol. The first-order valence-electron chi connectivity index (χ1n) is 4.32. The van der Waals surface area contributed by atoms with E-state index in [-0.39, 0.29) is 16.7 Å². The third-order valence-electron chi connectivity index (χ3n) is 1.55. The van der Waals surface area contributed by atoms with Gasteiger partial charge in [-0.2, -0.15) is 0 Å². The standard InChI is InChI=1S/C9H10ClN3O2/c1-2-3-6(9(14)15)13-8-7(10)11-4-5-12-8/h3-5H,2H2,1H3,(H,12,13)(H,14,15). The molecule has 0 saturated carbocycles. The third kappa shape index (κ3) is 3.21. The summed E-state index contributed by atoms with van der Waals surface area (Å²) < 4.78 is 0. The van der Waals surface area contributed by atoms with Gasteiger partial charge in [-0.15, -0.1) is 0 Å². The molecule has 1 rings (SSSR count). The number of aromatic nitrogens is 2. The second kappa shape index (κ2) is 5.31. The summed E-state index contributed by atoms with van der Waals surface area (Å²) in [6.45, 7) is 1.84. The topological polar surface area (TPSA) is 75.1 Å². The summed E-state index contributed by atoms with van der Waals surface area (Å²) in [6, 6.07) is 0. The van der Waals surface area contributed by atoms with Crippen LogP contribution >= 0.6 is 11.6 Å².